The van der Waals surface area contributed by atoms with Crippen molar-refractivity contribution in [1.29, 1.82) is 0 Å². The maximum atomic E-state index is 12.6. The highest BCUT2D eigenvalue weighted by molar-refractivity contribution is 8.00. The van der Waals surface area contributed by atoms with Crippen molar-refractivity contribution in [3.63, 3.8) is 0 Å². The number of nitrogens with zero attached hydrogens (tertiary/aromatic N) is 2. The molecule has 2 aliphatic heterocycles. The van der Waals surface area contributed by atoms with E-state index in [0.29, 0.717) is 11.3 Å². The Morgan fingerprint density at radius 3 is 2.77 bits per heavy atom. The molecule has 31 heavy (non-hydrogen) atoms. The van der Waals surface area contributed by atoms with Gasteiger partial charge in [-0.15, -0.1) is 23.1 Å². The molecule has 0 bridgehead atoms. The van der Waals surface area contributed by atoms with Crippen LogP contribution in [0.3, 0.4) is 0 Å². The van der Waals surface area contributed by atoms with Gasteiger partial charge in [0.2, 0.25) is 5.91 Å². The van der Waals surface area contributed by atoms with E-state index < -0.39 is 23.3 Å². The van der Waals surface area contributed by atoms with E-state index in [0.717, 1.165) is 10.4 Å². The van der Waals surface area contributed by atoms with Crippen LogP contribution in [-0.2, 0) is 32.2 Å². The van der Waals surface area contributed by atoms with Crippen molar-refractivity contribution >= 4 is 47.1 Å². The zero-order valence-corrected chi connectivity index (χ0v) is 17.9. The molecular weight excluding hydrogens is 438 g/mol. The summed E-state index contributed by atoms with van der Waals surface area (Å²) in [6, 6.07) is 12.4. The fraction of sp³-hybridized carbons (Fsp3) is 0.238. The zero-order valence-electron chi connectivity index (χ0n) is 16.3. The van der Waals surface area contributed by atoms with Gasteiger partial charge in [-0.25, -0.2) is 4.79 Å². The maximum absolute atomic E-state index is 12.6. The van der Waals surface area contributed by atoms with E-state index >= 15 is 0 Å². The molecule has 2 amide bonds. The molecule has 1 aromatic carbocycles. The predicted molar refractivity (Wildman–Crippen MR) is 117 cm³/mol. The normalized spacial score (nSPS) is 20.4. The highest BCUT2D eigenvalue weighted by Crippen LogP contribution is 2.39. The second-order valence-electron chi connectivity index (χ2n) is 6.88. The molecule has 2 N–H and O–H groups in total. The molecule has 0 saturated carbocycles. The van der Waals surface area contributed by atoms with Crippen LogP contribution in [0.1, 0.15) is 10.4 Å². The van der Waals surface area contributed by atoms with Gasteiger partial charge in [-0.05, 0) is 17.0 Å². The molecule has 0 unspecified atom stereocenters. The molecule has 10 heteroatoms. The summed E-state index contributed by atoms with van der Waals surface area (Å²) in [5, 5.41) is 17.7. The number of nitrogens with one attached hydrogen (secondary N) is 1. The number of aliphatic carboxylic acids is 1. The number of hydrogen-bond acceptors (Lipinski definition) is 7. The molecule has 4 rings (SSSR count). The number of amides is 2. The Bertz CT molecular complexity index is 1040. The highest BCUT2D eigenvalue weighted by Gasteiger charge is 2.54. The van der Waals surface area contributed by atoms with E-state index in [2.05, 4.69) is 10.5 Å². The molecule has 160 valence electrons. The Hall–Kier alpha value is -3.11. The van der Waals surface area contributed by atoms with Crippen LogP contribution in [0.5, 0.6) is 0 Å². The molecule has 2 aromatic rings. The minimum Gasteiger partial charge on any atom is -0.477 e. The van der Waals surface area contributed by atoms with Crippen LogP contribution < -0.4 is 5.32 Å². The molecule has 1 aromatic heterocycles. The predicted octanol–water partition coefficient (Wildman–Crippen LogP) is 2.23. The first-order valence-electron chi connectivity index (χ1n) is 9.46. The number of carboxylic acid groups (broad SMARTS) is 1. The van der Waals surface area contributed by atoms with Crippen LogP contribution in [0.4, 0.5) is 0 Å². The number of β-lactam (4-membered cyclic amide) rings is 1. The van der Waals surface area contributed by atoms with E-state index in [1.54, 1.807) is 0 Å². The van der Waals surface area contributed by atoms with Gasteiger partial charge in [0, 0.05) is 16.2 Å². The second-order valence-corrected chi connectivity index (χ2v) is 9.02. The lowest BCUT2D eigenvalue weighted by atomic mass is 10.0. The first kappa shape index (κ1) is 21.1. The Morgan fingerprint density at radius 1 is 1.26 bits per heavy atom. The summed E-state index contributed by atoms with van der Waals surface area (Å²) in [4.78, 5) is 44.1. The van der Waals surface area contributed by atoms with Crippen LogP contribution in [-0.4, -0.2) is 51.2 Å². The number of hydrogen-bond donors (Lipinski definition) is 2. The molecule has 1 fully saturated rings. The van der Waals surface area contributed by atoms with Gasteiger partial charge in [0.15, 0.2) is 0 Å². The molecular formula is C21H19N3O5S2. The van der Waals surface area contributed by atoms with Crippen LogP contribution in [0.2, 0.25) is 0 Å². The van der Waals surface area contributed by atoms with Crippen LogP contribution in [0.25, 0.3) is 0 Å². The van der Waals surface area contributed by atoms with Crippen molar-refractivity contribution in [2.75, 3.05) is 5.75 Å². The number of carbonyl (C=O) groups excluding carboxylic acids is 2. The van der Waals surface area contributed by atoms with E-state index in [4.69, 9.17) is 4.84 Å². The summed E-state index contributed by atoms with van der Waals surface area (Å²) >= 11 is 2.85. The van der Waals surface area contributed by atoms with E-state index in [-0.39, 0.29) is 24.6 Å². The SMILES string of the molecule is O=C(Cc1cccs1)N[C@@H]1C(=O)N2C(C(=O)O)=C(C=NOCc3ccccc3)CS[C@H]12. The quantitative estimate of drug-likeness (QED) is 0.358. The molecule has 8 nitrogen and oxygen atoms in total. The Balaban J connectivity index is 1.40. The molecule has 2 aliphatic rings. The Kier molecular flexibility index (Phi) is 6.38. The minimum absolute atomic E-state index is 0.121. The minimum atomic E-state index is -1.22. The number of thiophene rings is 1. The topological polar surface area (TPSA) is 108 Å². The summed E-state index contributed by atoms with van der Waals surface area (Å²) in [7, 11) is 0. The molecule has 0 radical (unpaired) electrons. The maximum Gasteiger partial charge on any atom is 0.353 e. The monoisotopic (exact) mass is 457 g/mol. The smallest absolute Gasteiger partial charge is 0.353 e. The van der Waals surface area contributed by atoms with E-state index in [1.807, 2.05) is 47.8 Å². The van der Waals surface area contributed by atoms with Gasteiger partial charge >= 0.3 is 5.97 Å². The molecule has 1 saturated heterocycles. The lowest BCUT2D eigenvalue weighted by molar-refractivity contribution is -0.150. The van der Waals surface area contributed by atoms with Gasteiger partial charge < -0.3 is 15.3 Å². The summed E-state index contributed by atoms with van der Waals surface area (Å²) < 4.78 is 0. The first-order chi connectivity index (χ1) is 15.0. The van der Waals surface area contributed by atoms with Crippen molar-refractivity contribution in [1.82, 2.24) is 10.2 Å². The number of oxime groups is 1. The average molecular weight is 458 g/mol. The fourth-order valence-electron chi connectivity index (χ4n) is 3.33. The number of rotatable bonds is 8. The average Bonchev–Trinajstić information content (AvgIpc) is 3.28. The second kappa shape index (κ2) is 9.36. The largest absolute Gasteiger partial charge is 0.477 e. The van der Waals surface area contributed by atoms with E-state index in [1.165, 1.54) is 34.2 Å². The number of benzene rings is 1. The first-order valence-corrected chi connectivity index (χ1v) is 11.4. The number of thioether (sulfide) groups is 1. The van der Waals surface area contributed by atoms with Crippen LogP contribution >= 0.6 is 23.1 Å². The third-order valence-electron chi connectivity index (χ3n) is 4.79. The van der Waals surface area contributed by atoms with Crippen molar-refractivity contribution in [2.24, 2.45) is 5.16 Å². The van der Waals surface area contributed by atoms with Crippen molar-refractivity contribution in [3.8, 4) is 0 Å². The van der Waals surface area contributed by atoms with Gasteiger partial charge in [-0.3, -0.25) is 14.5 Å². The Labute approximate surface area is 186 Å². The van der Waals surface area contributed by atoms with Crippen LogP contribution in [0.15, 0.2) is 64.3 Å². The lowest BCUT2D eigenvalue weighted by Crippen LogP contribution is -2.70. The number of carbonyl (C=O) groups is 3. The molecule has 3 heterocycles. The summed E-state index contributed by atoms with van der Waals surface area (Å²) in [6.07, 6.45) is 1.53. The van der Waals surface area contributed by atoms with Crippen LogP contribution in [0, 0.1) is 0 Å². The van der Waals surface area contributed by atoms with Crippen molar-refractivity contribution < 1.29 is 24.3 Å². The third-order valence-corrected chi connectivity index (χ3v) is 6.97. The van der Waals surface area contributed by atoms with Gasteiger partial charge in [0.25, 0.3) is 5.91 Å². The van der Waals surface area contributed by atoms with Gasteiger partial charge in [0.1, 0.15) is 23.7 Å². The number of fused-ring (bicyclic) bond motifs is 1. The molecule has 2 atom stereocenters. The number of carboxylic acids is 1. The molecule has 0 aliphatic carbocycles. The summed E-state index contributed by atoms with van der Waals surface area (Å²) in [5.41, 5.74) is 1.20. The van der Waals surface area contributed by atoms with Crippen molar-refractivity contribution in [2.45, 2.75) is 24.4 Å². The summed E-state index contributed by atoms with van der Waals surface area (Å²) in [6.45, 7) is 0.254. The standard InChI is InChI=1S/C21H19N3O5S2/c25-16(9-15-7-4-8-30-15)23-17-19(26)24-18(21(27)28)14(12-31-20(17)24)10-22-29-11-13-5-2-1-3-6-13/h1-8,10,17,20H,9,11-12H2,(H,23,25)(H,27,28)/t17-,20-/m1/s1. The summed E-state index contributed by atoms with van der Waals surface area (Å²) in [5.74, 6) is -1.58. The fourth-order valence-corrected chi connectivity index (χ4v) is 5.33. The third kappa shape index (κ3) is 4.64. The Morgan fingerprint density at radius 2 is 2.06 bits per heavy atom. The van der Waals surface area contributed by atoms with Crippen molar-refractivity contribution in [3.05, 3.63) is 69.6 Å². The highest BCUT2D eigenvalue weighted by atomic mass is 32.2. The van der Waals surface area contributed by atoms with Gasteiger partial charge in [-0.1, -0.05) is 41.6 Å². The zero-order chi connectivity index (χ0) is 21.8. The van der Waals surface area contributed by atoms with Gasteiger partial charge in [-0.2, -0.15) is 0 Å². The molecule has 0 spiro atoms. The van der Waals surface area contributed by atoms with E-state index in [9.17, 15) is 19.5 Å². The lowest BCUT2D eigenvalue weighted by Gasteiger charge is -2.49. The van der Waals surface area contributed by atoms with Gasteiger partial charge in [0.05, 0.1) is 12.6 Å².